The molecule has 0 N–H and O–H groups in total. The van der Waals surface area contributed by atoms with Gasteiger partial charge in [0.05, 0.1) is 6.61 Å². The van der Waals surface area contributed by atoms with Crippen LogP contribution in [0.3, 0.4) is 0 Å². The number of ether oxygens (including phenoxy) is 1. The van der Waals surface area contributed by atoms with Crippen LogP contribution in [0.4, 0.5) is 0 Å². The van der Waals surface area contributed by atoms with Gasteiger partial charge in [0.25, 0.3) is 0 Å². The molecule has 1 aromatic rings. The molecule has 1 amide bonds. The average molecular weight is 303 g/mol. The number of nitrogens with zero attached hydrogens (tertiary/aromatic N) is 3. The number of amides is 1. The van der Waals surface area contributed by atoms with Gasteiger partial charge >= 0.3 is 6.01 Å². The van der Waals surface area contributed by atoms with E-state index in [2.05, 4.69) is 9.97 Å². The molecule has 1 saturated carbocycles. The van der Waals surface area contributed by atoms with Gasteiger partial charge in [-0.15, -0.1) is 0 Å². The van der Waals surface area contributed by atoms with Crippen molar-refractivity contribution in [2.75, 3.05) is 19.7 Å². The van der Waals surface area contributed by atoms with E-state index in [0.717, 1.165) is 25.1 Å². The molecule has 3 rings (SSSR count). The number of carbonyl (C=O) groups excluding carboxylic acids is 1. The second kappa shape index (κ2) is 5.86. The van der Waals surface area contributed by atoms with Crippen LogP contribution < -0.4 is 4.74 Å². The number of hydrogen-bond donors (Lipinski definition) is 0. The number of hydrogen-bond acceptors (Lipinski definition) is 4. The molecule has 120 valence electrons. The fourth-order valence-corrected chi connectivity index (χ4v) is 3.85. The van der Waals surface area contributed by atoms with Crippen molar-refractivity contribution in [1.82, 2.24) is 14.9 Å². The number of likely N-dealkylation sites (tertiary alicyclic amines) is 1. The highest BCUT2D eigenvalue weighted by Gasteiger charge is 2.51. The molecule has 2 unspecified atom stereocenters. The number of rotatable bonds is 4. The van der Waals surface area contributed by atoms with Crippen molar-refractivity contribution in [3.63, 3.8) is 0 Å². The third-order valence-corrected chi connectivity index (χ3v) is 5.09. The molecule has 2 heterocycles. The van der Waals surface area contributed by atoms with Crippen molar-refractivity contribution in [2.24, 2.45) is 17.3 Å². The highest BCUT2D eigenvalue weighted by molar-refractivity contribution is 5.78. The van der Waals surface area contributed by atoms with E-state index in [4.69, 9.17) is 4.74 Å². The smallest absolute Gasteiger partial charge is 0.316 e. The van der Waals surface area contributed by atoms with E-state index < -0.39 is 0 Å². The van der Waals surface area contributed by atoms with Crippen LogP contribution in [0.15, 0.2) is 12.4 Å². The van der Waals surface area contributed by atoms with Crippen LogP contribution in [-0.4, -0.2) is 40.5 Å². The van der Waals surface area contributed by atoms with E-state index in [0.29, 0.717) is 18.5 Å². The van der Waals surface area contributed by atoms with Gasteiger partial charge in [-0.1, -0.05) is 20.3 Å². The van der Waals surface area contributed by atoms with Gasteiger partial charge in [-0.3, -0.25) is 4.79 Å². The molecular formula is C17H25N3O2. The second-order valence-electron chi connectivity index (χ2n) is 7.16. The number of carbonyl (C=O) groups is 1. The molecule has 1 saturated heterocycles. The zero-order valence-corrected chi connectivity index (χ0v) is 13.7. The number of aromatic nitrogens is 2. The van der Waals surface area contributed by atoms with Crippen LogP contribution in [0.2, 0.25) is 0 Å². The summed E-state index contributed by atoms with van der Waals surface area (Å²) in [6, 6.07) is 0.444. The SMILES string of the molecule is Cc1cnc(OCC23CCCC2CN(C(=O)C(C)C)C3)nc1. The molecule has 2 fully saturated rings. The Hall–Kier alpha value is -1.65. The summed E-state index contributed by atoms with van der Waals surface area (Å²) < 4.78 is 5.88. The van der Waals surface area contributed by atoms with Gasteiger partial charge in [0.1, 0.15) is 0 Å². The highest BCUT2D eigenvalue weighted by Crippen LogP contribution is 2.49. The summed E-state index contributed by atoms with van der Waals surface area (Å²) in [5, 5.41) is 0. The Labute approximate surface area is 132 Å². The van der Waals surface area contributed by atoms with Crippen LogP contribution in [-0.2, 0) is 4.79 Å². The Morgan fingerprint density at radius 1 is 1.45 bits per heavy atom. The number of fused-ring (bicyclic) bond motifs is 1. The molecule has 0 bridgehead atoms. The van der Waals surface area contributed by atoms with Gasteiger partial charge in [0.15, 0.2) is 0 Å². The van der Waals surface area contributed by atoms with E-state index >= 15 is 0 Å². The Bertz CT molecular complexity index is 543. The fourth-order valence-electron chi connectivity index (χ4n) is 3.85. The lowest BCUT2D eigenvalue weighted by atomic mass is 9.82. The highest BCUT2D eigenvalue weighted by atomic mass is 16.5. The van der Waals surface area contributed by atoms with Crippen molar-refractivity contribution >= 4 is 5.91 Å². The molecular weight excluding hydrogens is 278 g/mol. The second-order valence-corrected chi connectivity index (χ2v) is 7.16. The average Bonchev–Trinajstić information content (AvgIpc) is 3.02. The molecule has 5 nitrogen and oxygen atoms in total. The van der Waals surface area contributed by atoms with E-state index in [1.54, 1.807) is 12.4 Å². The third kappa shape index (κ3) is 2.81. The van der Waals surface area contributed by atoms with Gasteiger partial charge < -0.3 is 9.64 Å². The maximum atomic E-state index is 12.3. The molecule has 2 aliphatic rings. The van der Waals surface area contributed by atoms with Crippen LogP contribution in [0.25, 0.3) is 0 Å². The van der Waals surface area contributed by atoms with Crippen LogP contribution >= 0.6 is 0 Å². The van der Waals surface area contributed by atoms with Crippen LogP contribution in [0.1, 0.15) is 38.7 Å². The zero-order valence-electron chi connectivity index (χ0n) is 13.7. The topological polar surface area (TPSA) is 55.3 Å². The lowest BCUT2D eigenvalue weighted by molar-refractivity contribution is -0.134. The molecule has 2 atom stereocenters. The van der Waals surface area contributed by atoms with E-state index in [9.17, 15) is 4.79 Å². The monoisotopic (exact) mass is 303 g/mol. The molecule has 5 heteroatoms. The summed E-state index contributed by atoms with van der Waals surface area (Å²) in [6.07, 6.45) is 7.10. The Balaban J connectivity index is 1.68. The summed E-state index contributed by atoms with van der Waals surface area (Å²) in [7, 11) is 0. The number of aryl methyl sites for hydroxylation is 1. The fraction of sp³-hybridized carbons (Fsp3) is 0.706. The summed E-state index contributed by atoms with van der Waals surface area (Å²) in [5.41, 5.74) is 1.12. The first kappa shape index (κ1) is 15.3. The minimum atomic E-state index is 0.0669. The van der Waals surface area contributed by atoms with Crippen molar-refractivity contribution < 1.29 is 9.53 Å². The zero-order chi connectivity index (χ0) is 15.7. The lowest BCUT2D eigenvalue weighted by Crippen LogP contribution is -2.37. The van der Waals surface area contributed by atoms with Gasteiger partial charge in [-0.25, -0.2) is 9.97 Å². The largest absolute Gasteiger partial charge is 0.463 e. The quantitative estimate of drug-likeness (QED) is 0.857. The molecule has 0 radical (unpaired) electrons. The molecule has 0 spiro atoms. The first-order valence-electron chi connectivity index (χ1n) is 8.20. The summed E-state index contributed by atoms with van der Waals surface area (Å²) in [5.74, 6) is 0.887. The van der Waals surface area contributed by atoms with Crippen LogP contribution in [0.5, 0.6) is 6.01 Å². The van der Waals surface area contributed by atoms with E-state index in [1.165, 1.54) is 12.8 Å². The first-order chi connectivity index (χ1) is 10.5. The Kier molecular flexibility index (Phi) is 4.06. The van der Waals surface area contributed by atoms with Crippen molar-refractivity contribution in [1.29, 1.82) is 0 Å². The van der Waals surface area contributed by atoms with Gasteiger partial charge in [0.2, 0.25) is 5.91 Å². The minimum Gasteiger partial charge on any atom is -0.463 e. The molecule has 1 aromatic heterocycles. The third-order valence-electron chi connectivity index (χ3n) is 5.09. The summed E-state index contributed by atoms with van der Waals surface area (Å²) in [4.78, 5) is 22.8. The van der Waals surface area contributed by atoms with Gasteiger partial charge in [0, 0.05) is 36.8 Å². The van der Waals surface area contributed by atoms with E-state index in [-0.39, 0.29) is 17.2 Å². The maximum absolute atomic E-state index is 12.3. The molecule has 22 heavy (non-hydrogen) atoms. The predicted octanol–water partition coefficient (Wildman–Crippen LogP) is 2.45. The molecule has 0 aromatic carbocycles. The van der Waals surface area contributed by atoms with Crippen LogP contribution in [0, 0.1) is 24.2 Å². The summed E-state index contributed by atoms with van der Waals surface area (Å²) >= 11 is 0. The van der Waals surface area contributed by atoms with Gasteiger partial charge in [-0.2, -0.15) is 0 Å². The van der Waals surface area contributed by atoms with Crippen molar-refractivity contribution in [2.45, 2.75) is 40.0 Å². The van der Waals surface area contributed by atoms with Crippen molar-refractivity contribution in [3.05, 3.63) is 18.0 Å². The standard InChI is InChI=1S/C17H25N3O2/c1-12(2)15(21)20-9-14-5-4-6-17(14,10-20)11-22-16-18-7-13(3)8-19-16/h7-8,12,14H,4-6,9-11H2,1-3H3. The normalized spacial score (nSPS) is 27.3. The van der Waals surface area contributed by atoms with Crippen molar-refractivity contribution in [3.8, 4) is 6.01 Å². The predicted molar refractivity (Wildman–Crippen MR) is 83.5 cm³/mol. The molecule has 1 aliphatic heterocycles. The van der Waals surface area contributed by atoms with Gasteiger partial charge in [-0.05, 0) is 31.2 Å². The van der Waals surface area contributed by atoms with E-state index in [1.807, 2.05) is 25.7 Å². The maximum Gasteiger partial charge on any atom is 0.316 e. The Morgan fingerprint density at radius 3 is 2.86 bits per heavy atom. The first-order valence-corrected chi connectivity index (χ1v) is 8.20. The Morgan fingerprint density at radius 2 is 2.18 bits per heavy atom. The minimum absolute atomic E-state index is 0.0669. The lowest BCUT2D eigenvalue weighted by Gasteiger charge is -2.28. The summed E-state index contributed by atoms with van der Waals surface area (Å²) in [6.45, 7) is 8.22. The molecule has 1 aliphatic carbocycles.